The molecule has 0 spiro atoms. The van der Waals surface area contributed by atoms with E-state index >= 15 is 0 Å². The zero-order chi connectivity index (χ0) is 20.6. The fourth-order valence-electron chi connectivity index (χ4n) is 3.09. The van der Waals surface area contributed by atoms with Gasteiger partial charge in [-0.25, -0.2) is 4.68 Å². The van der Waals surface area contributed by atoms with Gasteiger partial charge in [0.05, 0.1) is 23.5 Å². The molecule has 0 bridgehead atoms. The highest BCUT2D eigenvalue weighted by molar-refractivity contribution is 5.95. The summed E-state index contributed by atoms with van der Waals surface area (Å²) in [6, 6.07) is 12.4. The molecule has 2 aromatic carbocycles. The molecule has 4 rings (SSSR count). The van der Waals surface area contributed by atoms with Gasteiger partial charge in [0.1, 0.15) is 0 Å². The number of hydrogen-bond acceptors (Lipinski definition) is 4. The van der Waals surface area contributed by atoms with Crippen LogP contribution in [-0.2, 0) is 6.18 Å². The molecule has 1 atom stereocenters. The quantitative estimate of drug-likeness (QED) is 0.712. The lowest BCUT2D eigenvalue weighted by Gasteiger charge is -2.16. The Balaban J connectivity index is 1.62. The van der Waals surface area contributed by atoms with Gasteiger partial charge in [0, 0.05) is 0 Å². The number of rotatable bonds is 4. The third-order valence-electron chi connectivity index (χ3n) is 4.53. The van der Waals surface area contributed by atoms with Crippen molar-refractivity contribution >= 4 is 5.91 Å². The number of ether oxygens (including phenoxy) is 2. The van der Waals surface area contributed by atoms with E-state index in [9.17, 15) is 18.0 Å². The van der Waals surface area contributed by atoms with Crippen LogP contribution in [0, 0.1) is 0 Å². The van der Waals surface area contributed by atoms with Crippen molar-refractivity contribution in [2.24, 2.45) is 0 Å². The van der Waals surface area contributed by atoms with Crippen LogP contribution in [0.1, 0.15) is 34.6 Å². The number of para-hydroxylation sites is 1. The predicted molar refractivity (Wildman–Crippen MR) is 97.0 cm³/mol. The third kappa shape index (κ3) is 3.63. The number of nitrogens with one attached hydrogen (secondary N) is 1. The van der Waals surface area contributed by atoms with Crippen molar-refractivity contribution in [3.8, 4) is 17.2 Å². The summed E-state index contributed by atoms with van der Waals surface area (Å²) in [7, 11) is 0. The molecule has 3 aromatic rings. The SMILES string of the molecule is CC(NC(=O)c1cnn(-c2ccccc2)c1C(F)(F)F)c1ccc2c(c1)OCO2. The number of nitrogens with zero attached hydrogens (tertiary/aromatic N) is 2. The second-order valence-electron chi connectivity index (χ2n) is 6.46. The van der Waals surface area contributed by atoms with Crippen LogP contribution in [-0.4, -0.2) is 22.5 Å². The Labute approximate surface area is 163 Å². The molecule has 0 saturated heterocycles. The summed E-state index contributed by atoms with van der Waals surface area (Å²) in [5.41, 5.74) is -0.790. The zero-order valence-corrected chi connectivity index (χ0v) is 15.2. The summed E-state index contributed by atoms with van der Waals surface area (Å²) >= 11 is 0. The van der Waals surface area contributed by atoms with Crippen LogP contribution in [0.4, 0.5) is 13.2 Å². The van der Waals surface area contributed by atoms with Crippen LogP contribution in [0.2, 0.25) is 0 Å². The van der Waals surface area contributed by atoms with Crippen molar-refractivity contribution < 1.29 is 27.4 Å². The molecule has 29 heavy (non-hydrogen) atoms. The molecule has 1 aliphatic heterocycles. The number of amides is 1. The Hall–Kier alpha value is -3.49. The number of carbonyl (C=O) groups excluding carboxylic acids is 1. The number of alkyl halides is 3. The minimum atomic E-state index is -4.76. The summed E-state index contributed by atoms with van der Waals surface area (Å²) in [5.74, 6) is 0.233. The van der Waals surface area contributed by atoms with E-state index in [1.165, 1.54) is 12.1 Å². The molecule has 0 saturated carbocycles. The maximum atomic E-state index is 13.7. The maximum absolute atomic E-state index is 13.7. The third-order valence-corrected chi connectivity index (χ3v) is 4.53. The van der Waals surface area contributed by atoms with Gasteiger partial charge in [-0.05, 0) is 36.8 Å². The van der Waals surface area contributed by atoms with Crippen LogP contribution in [0.25, 0.3) is 5.69 Å². The van der Waals surface area contributed by atoms with Gasteiger partial charge < -0.3 is 14.8 Å². The lowest BCUT2D eigenvalue weighted by Crippen LogP contribution is -2.29. The highest BCUT2D eigenvalue weighted by atomic mass is 19.4. The smallest absolute Gasteiger partial charge is 0.434 e. The molecule has 1 amide bonds. The van der Waals surface area contributed by atoms with E-state index in [1.807, 2.05) is 0 Å². The minimum Gasteiger partial charge on any atom is -0.454 e. The molecule has 1 aromatic heterocycles. The van der Waals surface area contributed by atoms with Gasteiger partial charge in [-0.2, -0.15) is 18.3 Å². The Morgan fingerprint density at radius 1 is 1.14 bits per heavy atom. The lowest BCUT2D eigenvalue weighted by atomic mass is 10.1. The normalized spacial score (nSPS) is 13.9. The standard InChI is InChI=1S/C20H16F3N3O3/c1-12(13-7-8-16-17(9-13)29-11-28-16)25-19(27)15-10-24-26(18(15)20(21,22)23)14-5-3-2-4-6-14/h2-10,12H,11H2,1H3,(H,25,27). The zero-order valence-electron chi connectivity index (χ0n) is 15.2. The number of halogens is 3. The Kier molecular flexibility index (Phi) is 4.65. The van der Waals surface area contributed by atoms with Crippen molar-refractivity contribution in [2.45, 2.75) is 19.1 Å². The van der Waals surface area contributed by atoms with Crippen LogP contribution in [0.5, 0.6) is 11.5 Å². The predicted octanol–water partition coefficient (Wildman–Crippen LogP) is 4.11. The first-order valence-corrected chi connectivity index (χ1v) is 8.75. The second-order valence-corrected chi connectivity index (χ2v) is 6.46. The molecule has 150 valence electrons. The van der Waals surface area contributed by atoms with Crippen molar-refractivity contribution in [1.82, 2.24) is 15.1 Å². The van der Waals surface area contributed by atoms with E-state index in [0.29, 0.717) is 17.1 Å². The topological polar surface area (TPSA) is 65.4 Å². The molecule has 2 heterocycles. The van der Waals surface area contributed by atoms with Gasteiger partial charge in [0.25, 0.3) is 5.91 Å². The number of carbonyl (C=O) groups is 1. The fourth-order valence-corrected chi connectivity index (χ4v) is 3.09. The Morgan fingerprint density at radius 2 is 1.86 bits per heavy atom. The first kappa shape index (κ1) is 18.9. The Morgan fingerprint density at radius 3 is 2.59 bits per heavy atom. The van der Waals surface area contributed by atoms with Gasteiger partial charge in [-0.1, -0.05) is 24.3 Å². The molecular weight excluding hydrogens is 387 g/mol. The molecule has 1 unspecified atom stereocenters. The minimum absolute atomic E-state index is 0.104. The number of benzene rings is 2. The second kappa shape index (κ2) is 7.16. The first-order valence-electron chi connectivity index (χ1n) is 8.75. The van der Waals surface area contributed by atoms with Crippen molar-refractivity contribution in [1.29, 1.82) is 0 Å². The molecule has 0 radical (unpaired) electrons. The van der Waals surface area contributed by atoms with Crippen LogP contribution >= 0.6 is 0 Å². The molecule has 0 fully saturated rings. The van der Waals surface area contributed by atoms with Crippen LogP contribution in [0.3, 0.4) is 0 Å². The molecule has 6 nitrogen and oxygen atoms in total. The maximum Gasteiger partial charge on any atom is 0.434 e. The van der Waals surface area contributed by atoms with E-state index in [4.69, 9.17) is 9.47 Å². The number of hydrogen-bond donors (Lipinski definition) is 1. The highest BCUT2D eigenvalue weighted by Crippen LogP contribution is 2.35. The summed E-state index contributed by atoms with van der Waals surface area (Å²) in [6.07, 6.45) is -3.83. The van der Waals surface area contributed by atoms with E-state index in [-0.39, 0.29) is 12.5 Å². The number of fused-ring (bicyclic) bond motifs is 1. The van der Waals surface area contributed by atoms with Crippen LogP contribution < -0.4 is 14.8 Å². The summed E-state index contributed by atoms with van der Waals surface area (Å²) < 4.78 is 52.4. The van der Waals surface area contributed by atoms with Gasteiger partial charge in [-0.3, -0.25) is 4.79 Å². The van der Waals surface area contributed by atoms with E-state index in [1.54, 1.807) is 43.3 Å². The van der Waals surface area contributed by atoms with E-state index in [2.05, 4.69) is 10.4 Å². The first-order chi connectivity index (χ1) is 13.8. The average molecular weight is 403 g/mol. The summed E-state index contributed by atoms with van der Waals surface area (Å²) in [5, 5.41) is 6.39. The van der Waals surface area contributed by atoms with Crippen molar-refractivity contribution in [2.75, 3.05) is 6.79 Å². The van der Waals surface area contributed by atoms with Gasteiger partial charge in [-0.15, -0.1) is 0 Å². The van der Waals surface area contributed by atoms with Gasteiger partial charge in [0.2, 0.25) is 6.79 Å². The molecule has 0 aliphatic carbocycles. The van der Waals surface area contributed by atoms with Crippen molar-refractivity contribution in [3.63, 3.8) is 0 Å². The molecular formula is C20H16F3N3O3. The van der Waals surface area contributed by atoms with E-state index < -0.39 is 29.4 Å². The molecule has 1 N–H and O–H groups in total. The van der Waals surface area contributed by atoms with Gasteiger partial charge >= 0.3 is 6.18 Å². The summed E-state index contributed by atoms with van der Waals surface area (Å²) in [4.78, 5) is 12.7. The molecule has 9 heteroatoms. The van der Waals surface area contributed by atoms with E-state index in [0.717, 1.165) is 10.9 Å². The highest BCUT2D eigenvalue weighted by Gasteiger charge is 2.40. The lowest BCUT2D eigenvalue weighted by molar-refractivity contribution is -0.143. The van der Waals surface area contributed by atoms with Crippen molar-refractivity contribution in [3.05, 3.63) is 71.5 Å². The largest absolute Gasteiger partial charge is 0.454 e. The van der Waals surface area contributed by atoms with Crippen LogP contribution in [0.15, 0.2) is 54.7 Å². The number of aromatic nitrogens is 2. The van der Waals surface area contributed by atoms with Gasteiger partial charge in [0.15, 0.2) is 17.2 Å². The fraction of sp³-hybridized carbons (Fsp3) is 0.200. The Bertz CT molecular complexity index is 1050. The monoisotopic (exact) mass is 403 g/mol. The average Bonchev–Trinajstić information content (AvgIpc) is 3.34. The summed E-state index contributed by atoms with van der Waals surface area (Å²) in [6.45, 7) is 1.78. The molecule has 1 aliphatic rings.